The Morgan fingerprint density at radius 3 is 2.35 bits per heavy atom. The molecule has 2 aromatic heterocycles. The molecule has 0 spiro atoms. The lowest BCUT2D eigenvalue weighted by Gasteiger charge is -2.01. The molecule has 0 aliphatic heterocycles. The quantitative estimate of drug-likeness (QED) is 0.477. The van der Waals surface area contributed by atoms with Crippen LogP contribution in [0.5, 0.6) is 0 Å². The van der Waals surface area contributed by atoms with E-state index in [1.54, 1.807) is 22.7 Å². The maximum atomic E-state index is 12.7. The van der Waals surface area contributed by atoms with Gasteiger partial charge in [0, 0.05) is 22.6 Å². The summed E-state index contributed by atoms with van der Waals surface area (Å²) in [6, 6.07) is 0. The van der Waals surface area contributed by atoms with Crippen molar-refractivity contribution in [2.24, 2.45) is 0 Å². The summed E-state index contributed by atoms with van der Waals surface area (Å²) < 4.78 is 0. The SMILES string of the molecule is Cc1nc(-c2nc(C(=O)CCCCCC(=O)CO)c(C3CC3)s2)sc1C. The van der Waals surface area contributed by atoms with Gasteiger partial charge >= 0.3 is 0 Å². The molecule has 7 heteroatoms. The fourth-order valence-electron chi connectivity index (χ4n) is 2.79. The number of hydrogen-bond acceptors (Lipinski definition) is 7. The molecule has 1 fully saturated rings. The molecule has 0 aromatic carbocycles. The highest BCUT2D eigenvalue weighted by atomic mass is 32.1. The molecule has 1 aliphatic rings. The van der Waals surface area contributed by atoms with E-state index in [9.17, 15) is 9.59 Å². The van der Waals surface area contributed by atoms with Gasteiger partial charge in [-0.05, 0) is 45.4 Å². The first kappa shape index (κ1) is 19.3. The largest absolute Gasteiger partial charge is 0.389 e. The Bertz CT molecular complexity index is 786. The van der Waals surface area contributed by atoms with Crippen LogP contribution >= 0.6 is 22.7 Å². The van der Waals surface area contributed by atoms with Crippen LogP contribution in [0.1, 0.15) is 76.8 Å². The maximum absolute atomic E-state index is 12.7. The summed E-state index contributed by atoms with van der Waals surface area (Å²) in [7, 11) is 0. The molecular formula is C19H24N2O3S2. The third kappa shape index (κ3) is 4.64. The number of carbonyl (C=O) groups is 2. The van der Waals surface area contributed by atoms with Gasteiger partial charge in [-0.3, -0.25) is 9.59 Å². The number of aliphatic hydroxyl groups excluding tert-OH is 1. The van der Waals surface area contributed by atoms with Gasteiger partial charge in [-0.2, -0.15) is 0 Å². The minimum atomic E-state index is -0.388. The average molecular weight is 393 g/mol. The fraction of sp³-hybridized carbons (Fsp3) is 0.579. The number of rotatable bonds is 10. The van der Waals surface area contributed by atoms with E-state index in [1.807, 2.05) is 6.92 Å². The van der Waals surface area contributed by atoms with Gasteiger partial charge in [0.2, 0.25) is 0 Å². The first-order valence-corrected chi connectivity index (χ1v) is 10.7. The normalized spacial score (nSPS) is 14.0. The van der Waals surface area contributed by atoms with Crippen LogP contribution in [0.15, 0.2) is 0 Å². The van der Waals surface area contributed by atoms with Gasteiger partial charge in [-0.25, -0.2) is 9.97 Å². The van der Waals surface area contributed by atoms with Gasteiger partial charge in [-0.1, -0.05) is 6.42 Å². The van der Waals surface area contributed by atoms with Crippen molar-refractivity contribution in [1.29, 1.82) is 0 Å². The number of Topliss-reactive ketones (excluding diaryl/α,β-unsaturated/α-hetero) is 2. The summed E-state index contributed by atoms with van der Waals surface area (Å²) in [5.41, 5.74) is 1.67. The predicted molar refractivity (Wildman–Crippen MR) is 104 cm³/mol. The molecule has 0 atom stereocenters. The van der Waals surface area contributed by atoms with Crippen molar-refractivity contribution in [3.63, 3.8) is 0 Å². The number of aryl methyl sites for hydroxylation is 2. The predicted octanol–water partition coefficient (Wildman–Crippen LogP) is 4.46. The van der Waals surface area contributed by atoms with Gasteiger partial charge in [0.15, 0.2) is 21.6 Å². The number of ketones is 2. The molecule has 26 heavy (non-hydrogen) atoms. The van der Waals surface area contributed by atoms with Crippen LogP contribution in [0, 0.1) is 13.8 Å². The van der Waals surface area contributed by atoms with Crippen LogP contribution in [0.4, 0.5) is 0 Å². The summed E-state index contributed by atoms with van der Waals surface area (Å²) in [5, 5.41) is 10.5. The summed E-state index contributed by atoms with van der Waals surface area (Å²) in [5.74, 6) is 0.461. The number of aliphatic hydroxyl groups is 1. The van der Waals surface area contributed by atoms with E-state index in [2.05, 4.69) is 16.9 Å². The van der Waals surface area contributed by atoms with E-state index in [0.717, 1.165) is 52.7 Å². The number of thiazole rings is 2. The molecule has 1 saturated carbocycles. The van der Waals surface area contributed by atoms with Gasteiger partial charge in [0.1, 0.15) is 12.3 Å². The van der Waals surface area contributed by atoms with Crippen LogP contribution in [0.25, 0.3) is 10.0 Å². The molecular weight excluding hydrogens is 368 g/mol. The number of hydrogen-bond donors (Lipinski definition) is 1. The van der Waals surface area contributed by atoms with Crippen molar-refractivity contribution in [3.05, 3.63) is 21.1 Å². The Kier molecular flexibility index (Phi) is 6.32. The first-order valence-electron chi connectivity index (χ1n) is 9.10. The third-order valence-electron chi connectivity index (χ3n) is 4.61. The summed E-state index contributed by atoms with van der Waals surface area (Å²) in [6.45, 7) is 3.67. The van der Waals surface area contributed by atoms with Crippen LogP contribution in [0.2, 0.25) is 0 Å². The highest BCUT2D eigenvalue weighted by Crippen LogP contribution is 2.47. The van der Waals surface area contributed by atoms with Crippen molar-refractivity contribution in [2.75, 3.05) is 6.61 Å². The molecule has 2 aromatic rings. The van der Waals surface area contributed by atoms with E-state index in [1.165, 1.54) is 4.88 Å². The monoisotopic (exact) mass is 392 g/mol. The maximum Gasteiger partial charge on any atom is 0.182 e. The van der Waals surface area contributed by atoms with E-state index in [-0.39, 0.29) is 18.2 Å². The first-order chi connectivity index (χ1) is 12.5. The van der Waals surface area contributed by atoms with E-state index in [0.29, 0.717) is 24.5 Å². The fourth-order valence-corrected chi connectivity index (χ4v) is 4.98. The van der Waals surface area contributed by atoms with Gasteiger partial charge in [0.05, 0.1) is 5.69 Å². The number of aromatic nitrogens is 2. The molecule has 3 rings (SSSR count). The number of carbonyl (C=O) groups excluding carboxylic acids is 2. The summed E-state index contributed by atoms with van der Waals surface area (Å²) in [4.78, 5) is 35.4. The second-order valence-electron chi connectivity index (χ2n) is 6.85. The molecule has 2 heterocycles. The van der Waals surface area contributed by atoms with Gasteiger partial charge < -0.3 is 5.11 Å². The van der Waals surface area contributed by atoms with Crippen LogP contribution in [-0.4, -0.2) is 33.2 Å². The summed E-state index contributed by atoms with van der Waals surface area (Å²) >= 11 is 3.26. The Morgan fingerprint density at radius 1 is 1.04 bits per heavy atom. The van der Waals surface area contributed by atoms with Crippen LogP contribution < -0.4 is 0 Å². The highest BCUT2D eigenvalue weighted by molar-refractivity contribution is 7.21. The lowest BCUT2D eigenvalue weighted by atomic mass is 10.1. The van der Waals surface area contributed by atoms with E-state index < -0.39 is 0 Å². The van der Waals surface area contributed by atoms with Crippen molar-refractivity contribution in [2.45, 2.75) is 64.7 Å². The van der Waals surface area contributed by atoms with Crippen molar-refractivity contribution in [3.8, 4) is 10.0 Å². The molecule has 1 aliphatic carbocycles. The Hall–Kier alpha value is -1.44. The van der Waals surface area contributed by atoms with Crippen molar-refractivity contribution >= 4 is 34.2 Å². The van der Waals surface area contributed by atoms with Gasteiger partial charge in [0.25, 0.3) is 0 Å². The molecule has 0 unspecified atom stereocenters. The zero-order valence-corrected chi connectivity index (χ0v) is 16.8. The zero-order valence-electron chi connectivity index (χ0n) is 15.2. The van der Waals surface area contributed by atoms with E-state index in [4.69, 9.17) is 5.11 Å². The van der Waals surface area contributed by atoms with Crippen LogP contribution in [0.3, 0.4) is 0 Å². The lowest BCUT2D eigenvalue weighted by molar-refractivity contribution is -0.121. The molecule has 0 radical (unpaired) electrons. The molecule has 1 N–H and O–H groups in total. The van der Waals surface area contributed by atoms with Crippen molar-refractivity contribution in [1.82, 2.24) is 9.97 Å². The smallest absolute Gasteiger partial charge is 0.182 e. The Labute approximate surface area is 161 Å². The summed E-state index contributed by atoms with van der Waals surface area (Å²) in [6.07, 6.45) is 5.43. The second kappa shape index (κ2) is 8.50. The molecule has 0 bridgehead atoms. The molecule has 0 amide bonds. The minimum absolute atomic E-state index is 0.105. The average Bonchev–Trinajstić information content (AvgIpc) is 3.28. The standard InChI is InChI=1S/C19H24N2O3S2/c1-11-12(2)25-18(20-11)19-21-16(17(26-19)13-8-9-13)15(24)7-5-3-4-6-14(23)10-22/h13,22H,3-10H2,1-2H3. The van der Waals surface area contributed by atoms with Crippen molar-refractivity contribution < 1.29 is 14.7 Å². The topological polar surface area (TPSA) is 80.2 Å². The lowest BCUT2D eigenvalue weighted by Crippen LogP contribution is -2.04. The third-order valence-corrected chi connectivity index (χ3v) is 7.05. The van der Waals surface area contributed by atoms with Crippen LogP contribution in [-0.2, 0) is 4.79 Å². The second-order valence-corrected chi connectivity index (χ2v) is 9.08. The molecule has 5 nitrogen and oxygen atoms in total. The Morgan fingerprint density at radius 2 is 1.73 bits per heavy atom. The highest BCUT2D eigenvalue weighted by Gasteiger charge is 2.32. The number of nitrogens with zero attached hydrogens (tertiary/aromatic N) is 2. The molecule has 0 saturated heterocycles. The van der Waals surface area contributed by atoms with E-state index >= 15 is 0 Å². The molecule has 140 valence electrons. The Balaban J connectivity index is 1.64. The number of unbranched alkanes of at least 4 members (excludes halogenated alkanes) is 2. The zero-order chi connectivity index (χ0) is 18.7. The minimum Gasteiger partial charge on any atom is -0.389 e. The van der Waals surface area contributed by atoms with Gasteiger partial charge in [-0.15, -0.1) is 22.7 Å².